The van der Waals surface area contributed by atoms with E-state index in [1.807, 2.05) is 18.2 Å². The van der Waals surface area contributed by atoms with Crippen LogP contribution in [0.1, 0.15) is 64.9 Å². The summed E-state index contributed by atoms with van der Waals surface area (Å²) in [5, 5.41) is 13.9. The molecule has 1 unspecified atom stereocenters. The number of hydrogen-bond acceptors (Lipinski definition) is 5. The van der Waals surface area contributed by atoms with Gasteiger partial charge in [-0.15, -0.1) is 12.4 Å². The normalized spacial score (nSPS) is 16.9. The number of unbranched alkanes of at least 4 members (excludes halogenated alkanes) is 1. The van der Waals surface area contributed by atoms with Crippen LogP contribution in [0.5, 0.6) is 11.5 Å². The fourth-order valence-electron chi connectivity index (χ4n) is 4.55. The van der Waals surface area contributed by atoms with Crippen molar-refractivity contribution in [2.45, 2.75) is 70.8 Å². The summed E-state index contributed by atoms with van der Waals surface area (Å²) >= 11 is 0. The highest BCUT2D eigenvalue weighted by Crippen LogP contribution is 2.40. The molecule has 1 atom stereocenters. The predicted molar refractivity (Wildman–Crippen MR) is 131 cm³/mol. The highest BCUT2D eigenvalue weighted by molar-refractivity contribution is 5.85. The van der Waals surface area contributed by atoms with E-state index >= 15 is 0 Å². The molecule has 0 bridgehead atoms. The van der Waals surface area contributed by atoms with E-state index in [2.05, 4.69) is 37.1 Å². The van der Waals surface area contributed by atoms with E-state index in [1.165, 1.54) is 45.3 Å². The van der Waals surface area contributed by atoms with Crippen molar-refractivity contribution in [3.8, 4) is 17.6 Å². The molecule has 0 radical (unpaired) electrons. The Morgan fingerprint density at radius 3 is 2.39 bits per heavy atom. The lowest BCUT2D eigenvalue weighted by Gasteiger charge is -2.34. The van der Waals surface area contributed by atoms with Gasteiger partial charge in [-0.25, -0.2) is 0 Å². The molecule has 1 N–H and O–H groups in total. The van der Waals surface area contributed by atoms with Crippen LogP contribution in [0.4, 0.5) is 0 Å². The SMILES string of the molecule is CCCCN1CCC(NCCCC(C#N)(c2ccc(OC)c(OC)c2)C(C)C)CC1.Cl. The van der Waals surface area contributed by atoms with Crippen molar-refractivity contribution in [2.75, 3.05) is 40.4 Å². The molecule has 0 saturated carbocycles. The molecule has 1 heterocycles. The number of benzene rings is 1. The summed E-state index contributed by atoms with van der Waals surface area (Å²) in [7, 11) is 3.28. The Bertz CT molecular complexity index is 684. The predicted octanol–water partition coefficient (Wildman–Crippen LogP) is 5.18. The van der Waals surface area contributed by atoms with Crippen molar-refractivity contribution in [1.82, 2.24) is 10.2 Å². The molecule has 176 valence electrons. The third-order valence-corrected chi connectivity index (χ3v) is 6.68. The van der Waals surface area contributed by atoms with Crippen molar-refractivity contribution >= 4 is 12.4 Å². The summed E-state index contributed by atoms with van der Waals surface area (Å²) < 4.78 is 10.9. The Morgan fingerprint density at radius 2 is 1.84 bits per heavy atom. The van der Waals surface area contributed by atoms with Crippen molar-refractivity contribution in [3.05, 3.63) is 23.8 Å². The third-order valence-electron chi connectivity index (χ3n) is 6.68. The van der Waals surface area contributed by atoms with Crippen molar-refractivity contribution in [1.29, 1.82) is 5.26 Å². The Hall–Kier alpha value is -1.48. The minimum atomic E-state index is -0.523. The number of ether oxygens (including phenoxy) is 2. The maximum atomic E-state index is 10.2. The van der Waals surface area contributed by atoms with E-state index in [4.69, 9.17) is 9.47 Å². The van der Waals surface area contributed by atoms with E-state index in [9.17, 15) is 5.26 Å². The largest absolute Gasteiger partial charge is 0.493 e. The molecule has 1 aliphatic heterocycles. The molecule has 1 aromatic rings. The van der Waals surface area contributed by atoms with Gasteiger partial charge in [-0.1, -0.05) is 33.3 Å². The fourth-order valence-corrected chi connectivity index (χ4v) is 4.55. The smallest absolute Gasteiger partial charge is 0.161 e. The number of nitrogens with one attached hydrogen (secondary N) is 1. The summed E-state index contributed by atoms with van der Waals surface area (Å²) in [4.78, 5) is 2.60. The standard InChI is InChI=1S/C25H41N3O2.ClH/c1-6-7-15-28-16-11-22(12-17-28)27-14-8-13-25(19-26,20(2)3)21-9-10-23(29-4)24(18-21)30-5;/h9-10,18,20,22,27H,6-8,11-17H2,1-5H3;1H. The first-order valence-electron chi connectivity index (χ1n) is 11.6. The van der Waals surface area contributed by atoms with Crippen LogP contribution in [0.3, 0.4) is 0 Å². The zero-order chi connectivity index (χ0) is 22.0. The van der Waals surface area contributed by atoms with Crippen molar-refractivity contribution in [2.24, 2.45) is 5.92 Å². The highest BCUT2D eigenvalue weighted by atomic mass is 35.5. The second kappa shape index (κ2) is 13.8. The van der Waals surface area contributed by atoms with Crippen LogP contribution >= 0.6 is 12.4 Å². The van der Waals surface area contributed by atoms with Gasteiger partial charge in [-0.05, 0) is 81.9 Å². The number of rotatable bonds is 12. The van der Waals surface area contributed by atoms with Crippen LogP contribution in [-0.4, -0.2) is 51.3 Å². The Morgan fingerprint density at radius 1 is 1.16 bits per heavy atom. The monoisotopic (exact) mass is 451 g/mol. The molecular formula is C25H42ClN3O2. The molecule has 0 amide bonds. The van der Waals surface area contributed by atoms with Crippen LogP contribution in [-0.2, 0) is 5.41 Å². The van der Waals surface area contributed by atoms with E-state index in [0.29, 0.717) is 17.5 Å². The van der Waals surface area contributed by atoms with Crippen LogP contribution in [0.15, 0.2) is 18.2 Å². The number of nitrogens with zero attached hydrogens (tertiary/aromatic N) is 2. The lowest BCUT2D eigenvalue weighted by molar-refractivity contribution is 0.194. The first-order valence-corrected chi connectivity index (χ1v) is 11.6. The molecular weight excluding hydrogens is 410 g/mol. The summed E-state index contributed by atoms with van der Waals surface area (Å²) in [5.74, 6) is 1.59. The first-order chi connectivity index (χ1) is 14.5. The topological polar surface area (TPSA) is 57.5 Å². The van der Waals surface area contributed by atoms with Crippen LogP contribution < -0.4 is 14.8 Å². The lowest BCUT2D eigenvalue weighted by Crippen LogP contribution is -2.43. The Balaban J connectivity index is 0.00000480. The fraction of sp³-hybridized carbons (Fsp3) is 0.720. The molecule has 0 spiro atoms. The van der Waals surface area contributed by atoms with E-state index < -0.39 is 5.41 Å². The van der Waals surface area contributed by atoms with E-state index in [0.717, 1.165) is 24.9 Å². The molecule has 1 aromatic carbocycles. The molecule has 2 rings (SSSR count). The molecule has 1 saturated heterocycles. The quantitative estimate of drug-likeness (QED) is 0.444. The van der Waals surface area contributed by atoms with Crippen molar-refractivity contribution < 1.29 is 9.47 Å². The molecule has 0 aliphatic carbocycles. The van der Waals surface area contributed by atoms with Crippen LogP contribution in [0.25, 0.3) is 0 Å². The number of halogens is 1. The first kappa shape index (κ1) is 27.6. The number of methoxy groups -OCH3 is 2. The number of nitriles is 1. The Kier molecular flexibility index (Phi) is 12.3. The van der Waals surface area contributed by atoms with Gasteiger partial charge >= 0.3 is 0 Å². The van der Waals surface area contributed by atoms with Gasteiger partial charge in [0.2, 0.25) is 0 Å². The summed E-state index contributed by atoms with van der Waals surface area (Å²) in [6.07, 6.45) is 6.85. The molecule has 1 aliphatic rings. The highest BCUT2D eigenvalue weighted by Gasteiger charge is 2.36. The summed E-state index contributed by atoms with van der Waals surface area (Å²) in [5.41, 5.74) is 0.493. The van der Waals surface area contributed by atoms with Crippen LogP contribution in [0.2, 0.25) is 0 Å². The van der Waals surface area contributed by atoms with Gasteiger partial charge in [-0.2, -0.15) is 5.26 Å². The van der Waals surface area contributed by atoms with E-state index in [-0.39, 0.29) is 18.3 Å². The third kappa shape index (κ3) is 7.27. The molecule has 0 aromatic heterocycles. The minimum absolute atomic E-state index is 0. The zero-order valence-corrected chi connectivity index (χ0v) is 20.9. The number of likely N-dealkylation sites (tertiary alicyclic amines) is 1. The van der Waals surface area contributed by atoms with Gasteiger partial charge < -0.3 is 19.7 Å². The second-order valence-electron chi connectivity index (χ2n) is 8.83. The van der Waals surface area contributed by atoms with Crippen LogP contribution in [0, 0.1) is 17.2 Å². The number of hydrogen-bond donors (Lipinski definition) is 1. The van der Waals surface area contributed by atoms with Gasteiger partial charge in [-0.3, -0.25) is 0 Å². The average Bonchev–Trinajstić information content (AvgIpc) is 2.78. The maximum absolute atomic E-state index is 10.2. The minimum Gasteiger partial charge on any atom is -0.493 e. The van der Waals surface area contributed by atoms with Gasteiger partial charge in [0.25, 0.3) is 0 Å². The summed E-state index contributed by atoms with van der Waals surface area (Å²) in [6, 6.07) is 9.17. The Labute approximate surface area is 195 Å². The van der Waals surface area contributed by atoms with E-state index in [1.54, 1.807) is 14.2 Å². The summed E-state index contributed by atoms with van der Waals surface area (Å²) in [6.45, 7) is 11.2. The average molecular weight is 452 g/mol. The lowest BCUT2D eigenvalue weighted by atomic mass is 9.69. The van der Waals surface area contributed by atoms with Gasteiger partial charge in [0.05, 0.1) is 25.7 Å². The number of piperidine rings is 1. The van der Waals surface area contributed by atoms with Crippen molar-refractivity contribution in [3.63, 3.8) is 0 Å². The molecule has 6 heteroatoms. The zero-order valence-electron chi connectivity index (χ0n) is 20.1. The second-order valence-corrected chi connectivity index (χ2v) is 8.83. The molecule has 5 nitrogen and oxygen atoms in total. The van der Waals surface area contributed by atoms with Gasteiger partial charge in [0.1, 0.15) is 0 Å². The molecule has 1 fully saturated rings. The maximum Gasteiger partial charge on any atom is 0.161 e. The molecule has 31 heavy (non-hydrogen) atoms. The van der Waals surface area contributed by atoms with Gasteiger partial charge in [0.15, 0.2) is 11.5 Å². The van der Waals surface area contributed by atoms with Gasteiger partial charge in [0, 0.05) is 6.04 Å².